The summed E-state index contributed by atoms with van der Waals surface area (Å²) in [6, 6.07) is 26.0. The quantitative estimate of drug-likeness (QED) is 0.230. The minimum atomic E-state index is 0.618. The molecule has 2 heterocycles. The van der Waals surface area contributed by atoms with E-state index in [0.29, 0.717) is 5.82 Å². The third-order valence-corrected chi connectivity index (χ3v) is 5.92. The lowest BCUT2D eigenvalue weighted by molar-refractivity contribution is 0.370. The molecule has 140 valence electrons. The number of anilines is 1. The van der Waals surface area contributed by atoms with Gasteiger partial charge in [0.2, 0.25) is 0 Å². The van der Waals surface area contributed by atoms with Crippen molar-refractivity contribution in [1.29, 1.82) is 0 Å². The topological polar surface area (TPSA) is 64.7 Å². The van der Waals surface area contributed by atoms with Crippen LogP contribution in [-0.2, 0) is 0 Å². The summed E-state index contributed by atoms with van der Waals surface area (Å²) in [7, 11) is 0. The number of hydrogen-bond acceptors (Lipinski definition) is 6. The van der Waals surface area contributed by atoms with Gasteiger partial charge in [0.1, 0.15) is 0 Å². The standard InChI is InChI=1S/C24H14N6/c1-2-6-15-11-20-18(9-14(15)5-1)19-10-16-7-3-4-8-17(16)12-21(19)24-22(20)13-23-25-27-28-29-30(23)26-24/h1-13,26H. The van der Waals surface area contributed by atoms with Gasteiger partial charge in [0.15, 0.2) is 5.82 Å². The molecule has 0 fully saturated rings. The molecule has 1 N–H and O–H groups in total. The first-order chi connectivity index (χ1) is 14.8. The highest BCUT2D eigenvalue weighted by Gasteiger charge is 2.24. The normalized spacial score (nSPS) is 14.8. The predicted molar refractivity (Wildman–Crippen MR) is 120 cm³/mol. The number of nitrogens with one attached hydrogen (secondary N) is 1. The van der Waals surface area contributed by atoms with Crippen LogP contribution in [0, 0.1) is 0 Å². The molecule has 5 aromatic rings. The van der Waals surface area contributed by atoms with Crippen LogP contribution in [0.5, 0.6) is 0 Å². The lowest BCUT2D eigenvalue weighted by atomic mass is 9.90. The summed E-state index contributed by atoms with van der Waals surface area (Å²) in [4.78, 5) is 0. The van der Waals surface area contributed by atoms with Gasteiger partial charge >= 0.3 is 0 Å². The fourth-order valence-electron chi connectivity index (χ4n) is 4.52. The molecule has 0 saturated heterocycles. The SMILES string of the molecule is C1=C2N=NN=NN2Nc2c1c1cc3ccccc3cc1c1cc3ccccc3cc21. The highest BCUT2D eigenvalue weighted by molar-refractivity contribution is 6.22. The van der Waals surface area contributed by atoms with E-state index < -0.39 is 0 Å². The van der Waals surface area contributed by atoms with Crippen molar-refractivity contribution in [2.45, 2.75) is 0 Å². The van der Waals surface area contributed by atoms with Gasteiger partial charge in [-0.25, -0.2) is 0 Å². The van der Waals surface area contributed by atoms with Crippen molar-refractivity contribution in [1.82, 2.24) is 5.12 Å². The number of nitrogens with zero attached hydrogens (tertiary/aromatic N) is 5. The van der Waals surface area contributed by atoms with Crippen molar-refractivity contribution in [2.24, 2.45) is 20.8 Å². The first-order valence-corrected chi connectivity index (χ1v) is 9.76. The molecule has 0 amide bonds. The van der Waals surface area contributed by atoms with E-state index >= 15 is 0 Å². The van der Waals surface area contributed by atoms with Gasteiger partial charge in [-0.1, -0.05) is 48.5 Å². The maximum atomic E-state index is 4.14. The Balaban J connectivity index is 1.71. The average molecular weight is 386 g/mol. The largest absolute Gasteiger partial charge is 0.274 e. The highest BCUT2D eigenvalue weighted by Crippen LogP contribution is 2.43. The molecule has 6 nitrogen and oxygen atoms in total. The molecule has 30 heavy (non-hydrogen) atoms. The maximum Gasteiger partial charge on any atom is 0.198 e. The van der Waals surface area contributed by atoms with Crippen LogP contribution in [0.25, 0.3) is 49.2 Å². The molecule has 0 radical (unpaired) electrons. The summed E-state index contributed by atoms with van der Waals surface area (Å²) in [6.45, 7) is 0. The summed E-state index contributed by atoms with van der Waals surface area (Å²) < 4.78 is 0. The molecule has 0 bridgehead atoms. The second kappa shape index (κ2) is 5.61. The molecule has 0 atom stereocenters. The number of hydrazine groups is 1. The maximum absolute atomic E-state index is 4.14. The molecule has 2 aliphatic heterocycles. The summed E-state index contributed by atoms with van der Waals surface area (Å²) in [5.74, 6) is 0.618. The third-order valence-electron chi connectivity index (χ3n) is 5.92. The van der Waals surface area contributed by atoms with Gasteiger partial charge in [0.05, 0.1) is 5.69 Å². The third kappa shape index (κ3) is 2.07. The summed E-state index contributed by atoms with van der Waals surface area (Å²) in [5, 5.41) is 26.7. The van der Waals surface area contributed by atoms with Crippen LogP contribution in [0.2, 0.25) is 0 Å². The van der Waals surface area contributed by atoms with E-state index in [1.165, 1.54) is 37.7 Å². The van der Waals surface area contributed by atoms with Gasteiger partial charge in [0.25, 0.3) is 0 Å². The number of benzene rings is 5. The average Bonchev–Trinajstić information content (AvgIpc) is 2.81. The molecule has 7 rings (SSSR count). The molecule has 0 spiro atoms. The molecule has 0 aliphatic carbocycles. The van der Waals surface area contributed by atoms with E-state index in [1.54, 1.807) is 5.12 Å². The van der Waals surface area contributed by atoms with Crippen LogP contribution < -0.4 is 5.43 Å². The monoisotopic (exact) mass is 386 g/mol. The Hall–Kier alpha value is -4.32. The second-order valence-electron chi connectivity index (χ2n) is 7.57. The minimum Gasteiger partial charge on any atom is -0.274 e. The van der Waals surface area contributed by atoms with Crippen molar-refractivity contribution >= 4 is 54.9 Å². The fraction of sp³-hybridized carbons (Fsp3) is 0. The molecule has 5 aromatic carbocycles. The molecule has 0 unspecified atom stereocenters. The van der Waals surface area contributed by atoms with Crippen LogP contribution in [0.15, 0.2) is 99.4 Å². The van der Waals surface area contributed by atoms with Gasteiger partial charge in [-0.05, 0) is 83.7 Å². The summed E-state index contributed by atoms with van der Waals surface area (Å²) in [5.41, 5.74) is 5.48. The van der Waals surface area contributed by atoms with Gasteiger partial charge in [-0.3, -0.25) is 5.43 Å². The van der Waals surface area contributed by atoms with E-state index in [4.69, 9.17) is 0 Å². The Morgan fingerprint density at radius 2 is 1.20 bits per heavy atom. The van der Waals surface area contributed by atoms with Crippen molar-refractivity contribution in [2.75, 3.05) is 5.43 Å². The Kier molecular flexibility index (Phi) is 2.91. The lowest BCUT2D eigenvalue weighted by Gasteiger charge is -2.28. The van der Waals surface area contributed by atoms with Crippen molar-refractivity contribution in [3.05, 3.63) is 84.2 Å². The van der Waals surface area contributed by atoms with E-state index in [9.17, 15) is 0 Å². The van der Waals surface area contributed by atoms with E-state index in [1.807, 2.05) is 6.08 Å². The first kappa shape index (κ1) is 15.6. The molecular weight excluding hydrogens is 372 g/mol. The molecular formula is C24H14N6. The number of hydrogen-bond donors (Lipinski definition) is 1. The summed E-state index contributed by atoms with van der Waals surface area (Å²) in [6.07, 6.45) is 2.03. The van der Waals surface area contributed by atoms with Crippen LogP contribution in [-0.4, -0.2) is 5.12 Å². The zero-order chi connectivity index (χ0) is 19.7. The highest BCUT2D eigenvalue weighted by atomic mass is 15.8. The Bertz CT molecular complexity index is 1630. The molecule has 0 saturated carbocycles. The van der Waals surface area contributed by atoms with Crippen LogP contribution in [0.4, 0.5) is 5.69 Å². The van der Waals surface area contributed by atoms with E-state index in [2.05, 4.69) is 99.0 Å². The number of fused-ring (bicyclic) bond motifs is 9. The van der Waals surface area contributed by atoms with Gasteiger partial charge in [0, 0.05) is 10.9 Å². The lowest BCUT2D eigenvalue weighted by Crippen LogP contribution is -2.27. The fourth-order valence-corrected chi connectivity index (χ4v) is 4.52. The summed E-state index contributed by atoms with van der Waals surface area (Å²) >= 11 is 0. The van der Waals surface area contributed by atoms with Crippen molar-refractivity contribution in [3.63, 3.8) is 0 Å². The Labute approximate surface area is 170 Å². The zero-order valence-corrected chi connectivity index (χ0v) is 15.7. The van der Waals surface area contributed by atoms with E-state index in [0.717, 1.165) is 16.6 Å². The zero-order valence-electron chi connectivity index (χ0n) is 15.7. The van der Waals surface area contributed by atoms with Crippen molar-refractivity contribution in [3.8, 4) is 0 Å². The van der Waals surface area contributed by atoms with Gasteiger partial charge < -0.3 is 0 Å². The molecule has 6 heteroatoms. The Morgan fingerprint density at radius 3 is 1.87 bits per heavy atom. The van der Waals surface area contributed by atoms with Gasteiger partial charge in [-0.15, -0.1) is 10.2 Å². The number of rotatable bonds is 0. The van der Waals surface area contributed by atoms with Gasteiger partial charge in [-0.2, -0.15) is 0 Å². The minimum absolute atomic E-state index is 0.618. The molecule has 0 aromatic heterocycles. The first-order valence-electron chi connectivity index (χ1n) is 9.76. The second-order valence-corrected chi connectivity index (χ2v) is 7.57. The van der Waals surface area contributed by atoms with Crippen LogP contribution >= 0.6 is 0 Å². The van der Waals surface area contributed by atoms with Crippen LogP contribution in [0.3, 0.4) is 0 Å². The van der Waals surface area contributed by atoms with E-state index in [-0.39, 0.29) is 0 Å². The Morgan fingerprint density at radius 1 is 0.633 bits per heavy atom. The molecule has 2 aliphatic rings. The van der Waals surface area contributed by atoms with Crippen LogP contribution in [0.1, 0.15) is 5.56 Å². The van der Waals surface area contributed by atoms with Crippen molar-refractivity contribution < 1.29 is 0 Å². The smallest absolute Gasteiger partial charge is 0.198 e. The predicted octanol–water partition coefficient (Wildman–Crippen LogP) is 6.99.